The van der Waals surface area contributed by atoms with Crippen LogP contribution >= 0.6 is 0 Å². The first kappa shape index (κ1) is 65.2. The Morgan fingerprint density at radius 2 is 1.44 bits per heavy atom. The van der Waals surface area contributed by atoms with E-state index in [0.29, 0.717) is 50.9 Å². The zero-order valence-electron chi connectivity index (χ0n) is 48.2. The number of ether oxygens (including phenoxy) is 4. The van der Waals surface area contributed by atoms with Crippen molar-refractivity contribution in [2.24, 2.45) is 17.8 Å². The molecule has 2 aliphatic heterocycles. The molecule has 0 aliphatic carbocycles. The molecule has 21 heteroatoms. The van der Waals surface area contributed by atoms with Crippen LogP contribution in [-0.4, -0.2) is 188 Å². The molecular formula is C58H87N7O14. The lowest BCUT2D eigenvalue weighted by molar-refractivity contribution is -0.152. The molecule has 0 aromatic heterocycles. The molecule has 2 saturated heterocycles. The van der Waals surface area contributed by atoms with E-state index in [4.69, 9.17) is 18.9 Å². The average Bonchev–Trinajstić information content (AvgIpc) is 3.92. The van der Waals surface area contributed by atoms with Crippen molar-refractivity contribution in [3.8, 4) is 0 Å². The Kier molecular flexibility index (Phi) is 26.0. The van der Waals surface area contributed by atoms with Crippen molar-refractivity contribution in [3.05, 3.63) is 65.7 Å². The molecule has 0 radical (unpaired) electrons. The van der Waals surface area contributed by atoms with E-state index in [1.54, 1.807) is 74.0 Å². The van der Waals surface area contributed by atoms with E-state index < -0.39 is 71.5 Å². The van der Waals surface area contributed by atoms with Gasteiger partial charge in [-0.2, -0.15) is 0 Å². The fourth-order valence-corrected chi connectivity index (χ4v) is 9.93. The number of aliphatic carboxylic acids is 1. The van der Waals surface area contributed by atoms with Crippen LogP contribution in [0.4, 0.5) is 5.69 Å². The number of carboxylic acid groups (broad SMARTS) is 1. The van der Waals surface area contributed by atoms with Gasteiger partial charge in [-0.1, -0.05) is 83.5 Å². The Morgan fingerprint density at radius 1 is 0.797 bits per heavy atom. The quantitative estimate of drug-likeness (QED) is 0.0576. The molecule has 2 aliphatic rings. The Labute approximate surface area is 466 Å². The third-order valence-electron chi connectivity index (χ3n) is 15.5. The highest BCUT2D eigenvalue weighted by Crippen LogP contribution is 2.30. The van der Waals surface area contributed by atoms with Crippen LogP contribution in [0.2, 0.25) is 0 Å². The third-order valence-corrected chi connectivity index (χ3v) is 15.5. The predicted molar refractivity (Wildman–Crippen MR) is 295 cm³/mol. The van der Waals surface area contributed by atoms with Crippen LogP contribution in [0.1, 0.15) is 111 Å². The van der Waals surface area contributed by atoms with E-state index in [1.807, 2.05) is 45.9 Å². The fraction of sp³-hybridized carbons (Fsp3) is 0.638. The van der Waals surface area contributed by atoms with Gasteiger partial charge in [0.15, 0.2) is 0 Å². The lowest BCUT2D eigenvalue weighted by Crippen LogP contribution is -2.62. The Hall–Kier alpha value is -6.29. The van der Waals surface area contributed by atoms with Crippen molar-refractivity contribution in [1.82, 2.24) is 30.2 Å². The molecule has 8 amide bonds. The molecule has 2 aromatic carbocycles. The molecule has 438 valence electrons. The number of nitrogens with zero attached hydrogens (tertiary/aromatic N) is 4. The maximum atomic E-state index is 14.6. The van der Waals surface area contributed by atoms with Gasteiger partial charge in [-0.15, -0.1) is 0 Å². The smallest absolute Gasteiger partial charge is 0.326 e. The summed E-state index contributed by atoms with van der Waals surface area (Å²) in [5.74, 6) is -5.15. The number of hydrogen-bond acceptors (Lipinski definition) is 13. The molecule has 2 aromatic rings. The van der Waals surface area contributed by atoms with Gasteiger partial charge in [0.1, 0.15) is 17.6 Å². The number of β-lactam (4-membered cyclic amide) rings is 1. The van der Waals surface area contributed by atoms with Gasteiger partial charge in [-0.3, -0.25) is 43.3 Å². The van der Waals surface area contributed by atoms with E-state index in [9.17, 15) is 48.3 Å². The van der Waals surface area contributed by atoms with Gasteiger partial charge in [0.25, 0.3) is 0 Å². The molecule has 4 N–H and O–H groups in total. The summed E-state index contributed by atoms with van der Waals surface area (Å²) in [5.41, 5.74) is 0.890. The second-order valence-corrected chi connectivity index (χ2v) is 21.5. The number of carbonyl (C=O) groups excluding carboxylic acids is 8. The number of imide groups is 1. The van der Waals surface area contributed by atoms with Crippen molar-refractivity contribution in [3.63, 3.8) is 0 Å². The molecular weight excluding hydrogens is 1020 g/mol. The number of hydrogen-bond donors (Lipinski definition) is 4. The zero-order valence-corrected chi connectivity index (χ0v) is 48.2. The molecule has 4 rings (SSSR count). The lowest BCUT2D eigenvalue weighted by Gasteiger charge is -2.41. The molecule has 2 heterocycles. The molecule has 0 spiro atoms. The number of anilines is 1. The highest BCUT2D eigenvalue weighted by molar-refractivity contribution is 5.99. The topological polar surface area (TPSA) is 260 Å². The summed E-state index contributed by atoms with van der Waals surface area (Å²) in [6, 6.07) is 12.9. The Balaban J connectivity index is 1.25. The maximum absolute atomic E-state index is 14.6. The average molecular weight is 1110 g/mol. The molecule has 2 fully saturated rings. The minimum atomic E-state index is -1.38. The van der Waals surface area contributed by atoms with Gasteiger partial charge in [0, 0.05) is 66.4 Å². The van der Waals surface area contributed by atoms with Gasteiger partial charge in [-0.05, 0) is 68.2 Å². The molecule has 0 saturated carbocycles. The summed E-state index contributed by atoms with van der Waals surface area (Å²) in [6.45, 7) is 13.8. The van der Waals surface area contributed by atoms with Crippen molar-refractivity contribution in [2.75, 3.05) is 73.1 Å². The van der Waals surface area contributed by atoms with Crippen molar-refractivity contribution < 1.29 is 67.2 Å². The van der Waals surface area contributed by atoms with Crippen LogP contribution in [0.15, 0.2) is 54.6 Å². The molecule has 0 bridgehead atoms. The van der Waals surface area contributed by atoms with Crippen LogP contribution in [-0.2, 0) is 74.9 Å². The minimum Gasteiger partial charge on any atom is -0.480 e. The Morgan fingerprint density at radius 3 is 2.00 bits per heavy atom. The number of likely N-dealkylation sites (N-methyl/N-ethyl adjacent to an activating group) is 2. The monoisotopic (exact) mass is 1110 g/mol. The van der Waals surface area contributed by atoms with E-state index >= 15 is 0 Å². The summed E-state index contributed by atoms with van der Waals surface area (Å²) in [5, 5.41) is 18.4. The minimum absolute atomic E-state index is 0.0348. The van der Waals surface area contributed by atoms with Crippen molar-refractivity contribution in [1.29, 1.82) is 0 Å². The number of benzene rings is 2. The Bertz CT molecular complexity index is 2370. The van der Waals surface area contributed by atoms with Crippen LogP contribution in [0.5, 0.6) is 0 Å². The second kappa shape index (κ2) is 31.5. The van der Waals surface area contributed by atoms with E-state index in [-0.39, 0.29) is 99.9 Å². The molecule has 21 nitrogen and oxygen atoms in total. The highest BCUT2D eigenvalue weighted by atomic mass is 16.5. The number of carboxylic acids is 1. The summed E-state index contributed by atoms with van der Waals surface area (Å²) in [6.07, 6.45) is 1.53. The van der Waals surface area contributed by atoms with Crippen LogP contribution < -0.4 is 16.0 Å². The fourth-order valence-electron chi connectivity index (χ4n) is 9.93. The number of carbonyl (C=O) groups is 9. The number of likely N-dealkylation sites (tertiary alicyclic amines) is 2. The summed E-state index contributed by atoms with van der Waals surface area (Å²) >= 11 is 0. The number of rotatable bonds is 33. The zero-order chi connectivity index (χ0) is 58.6. The van der Waals surface area contributed by atoms with Crippen LogP contribution in [0.3, 0.4) is 0 Å². The molecule has 8 atom stereocenters. The second-order valence-electron chi connectivity index (χ2n) is 21.5. The van der Waals surface area contributed by atoms with Gasteiger partial charge < -0.3 is 54.7 Å². The third kappa shape index (κ3) is 18.6. The van der Waals surface area contributed by atoms with Crippen molar-refractivity contribution >= 4 is 58.9 Å². The van der Waals surface area contributed by atoms with Crippen LogP contribution in [0, 0.1) is 17.8 Å². The van der Waals surface area contributed by atoms with Gasteiger partial charge in [0.2, 0.25) is 47.3 Å². The largest absolute Gasteiger partial charge is 0.480 e. The number of amides is 8. The van der Waals surface area contributed by atoms with E-state index in [0.717, 1.165) is 11.1 Å². The van der Waals surface area contributed by atoms with E-state index in [1.165, 1.54) is 31.1 Å². The first-order valence-corrected chi connectivity index (χ1v) is 27.6. The highest BCUT2D eigenvalue weighted by Gasteiger charge is 2.44. The normalized spacial score (nSPS) is 17.1. The summed E-state index contributed by atoms with van der Waals surface area (Å²) < 4.78 is 23.1. The number of methoxy groups -OCH3 is 2. The SMILES string of the molecule is CCC(C)C(C(CC(=O)N1CCC[C@H]1C(OC)C(C)C(=O)NC(Cc1ccccc1)C(=O)O)OC)N(C)C(=O)C(NC(=O)C(C)(C)N(C)C(=O)CCOCCOCCC(=O)Nc1ccc(CCC(=O)N2CCC2=O)cc1)C(C)C. The lowest BCUT2D eigenvalue weighted by atomic mass is 9.89. The maximum Gasteiger partial charge on any atom is 0.326 e. The standard InChI is InChI=1S/C58H87N7O14/c1-12-38(4)52(45(76-10)36-50(70)64-29-16-19-44(64)53(77-11)39(5)54(71)60-43(56(73)74)35-41-17-14-13-15-18-41)62(8)55(72)51(37(2)3)61-57(75)58(6,7)63(9)47(67)28-32-79-34-33-78-31-27-46(66)59-42-23-20-40(21-24-42)22-25-48(68)65-30-26-49(65)69/h13-15,17-18,20-21,23-24,37-39,43-45,51-53H,12,16,19,22,25-36H2,1-11H3,(H,59,66)(H,60,71)(H,61,75)(H,73,74)/t38?,39?,43?,44-,45?,51?,52?,53?/m0/s1. The summed E-state index contributed by atoms with van der Waals surface area (Å²) in [4.78, 5) is 124. The predicted octanol–water partition coefficient (Wildman–Crippen LogP) is 4.24. The van der Waals surface area contributed by atoms with Gasteiger partial charge in [0.05, 0.1) is 75.9 Å². The molecule has 79 heavy (non-hydrogen) atoms. The number of nitrogens with one attached hydrogen (secondary N) is 3. The first-order chi connectivity index (χ1) is 37.5. The first-order valence-electron chi connectivity index (χ1n) is 27.6. The van der Waals surface area contributed by atoms with E-state index in [2.05, 4.69) is 16.0 Å². The van der Waals surface area contributed by atoms with Crippen molar-refractivity contribution in [2.45, 2.75) is 155 Å². The van der Waals surface area contributed by atoms with Gasteiger partial charge in [-0.25, -0.2) is 4.79 Å². The number of aryl methyl sites for hydroxylation is 1. The van der Waals surface area contributed by atoms with Gasteiger partial charge >= 0.3 is 5.97 Å². The van der Waals surface area contributed by atoms with Crippen LogP contribution in [0.25, 0.3) is 0 Å². The summed E-state index contributed by atoms with van der Waals surface area (Å²) in [7, 11) is 6.11. The molecule has 7 unspecified atom stereocenters.